The van der Waals surface area contributed by atoms with E-state index in [9.17, 15) is 14.7 Å². The van der Waals surface area contributed by atoms with Crippen LogP contribution in [0.5, 0.6) is 0 Å². The van der Waals surface area contributed by atoms with Gasteiger partial charge in [0.25, 0.3) is 0 Å². The lowest BCUT2D eigenvalue weighted by Crippen LogP contribution is -2.19. The van der Waals surface area contributed by atoms with E-state index >= 15 is 0 Å². The number of carbonyl (C=O) groups is 2. The summed E-state index contributed by atoms with van der Waals surface area (Å²) in [5.74, 6) is -1.85. The molecule has 0 rings (SSSR count). The molecule has 0 aliphatic heterocycles. The maximum Gasteiger partial charge on any atom is 0.307 e. The van der Waals surface area contributed by atoms with Crippen LogP contribution in [0.1, 0.15) is 174 Å². The summed E-state index contributed by atoms with van der Waals surface area (Å²) in [5.41, 5.74) is 0. The molecule has 0 saturated heterocycles. The van der Waals surface area contributed by atoms with E-state index in [1.54, 1.807) is 0 Å². The van der Waals surface area contributed by atoms with E-state index < -0.39 is 11.9 Å². The smallest absolute Gasteiger partial charge is 0.307 e. The summed E-state index contributed by atoms with van der Waals surface area (Å²) in [4.78, 5) is 23.0. The van der Waals surface area contributed by atoms with Crippen LogP contribution in [-0.4, -0.2) is 23.7 Å². The molecular weight excluding hydrogens is 460 g/mol. The minimum absolute atomic E-state index is 0.00720. The van der Waals surface area contributed by atoms with Crippen LogP contribution in [0.2, 0.25) is 0 Å². The Balaban J connectivity index is 3.30. The van der Waals surface area contributed by atoms with Crippen molar-refractivity contribution in [1.82, 2.24) is 0 Å². The van der Waals surface area contributed by atoms with E-state index in [4.69, 9.17) is 4.74 Å². The lowest BCUT2D eigenvalue weighted by molar-refractivity contribution is -0.151. The van der Waals surface area contributed by atoms with Crippen LogP contribution in [0.4, 0.5) is 0 Å². The number of hydrogen-bond acceptors (Lipinski definition) is 3. The molecule has 37 heavy (non-hydrogen) atoms. The number of aliphatic carboxylic acids is 1. The second-order valence-electron chi connectivity index (χ2n) is 11.0. The summed E-state index contributed by atoms with van der Waals surface area (Å²) < 4.78 is 5.03. The van der Waals surface area contributed by atoms with Crippen molar-refractivity contribution in [2.75, 3.05) is 6.61 Å². The second-order valence-corrected chi connectivity index (χ2v) is 11.0. The highest BCUT2D eigenvalue weighted by Crippen LogP contribution is 2.18. The molecule has 1 atom stereocenters. The van der Waals surface area contributed by atoms with E-state index in [1.807, 2.05) is 6.92 Å². The van der Waals surface area contributed by atoms with Gasteiger partial charge in [-0.2, -0.15) is 0 Å². The first-order chi connectivity index (χ1) is 18.1. The van der Waals surface area contributed by atoms with Gasteiger partial charge in [0.15, 0.2) is 0 Å². The van der Waals surface area contributed by atoms with Gasteiger partial charge in [0.05, 0.1) is 18.9 Å². The summed E-state index contributed by atoms with van der Waals surface area (Å²) >= 11 is 0. The number of carboxylic acids is 1. The molecule has 0 aromatic rings. The van der Waals surface area contributed by atoms with Crippen molar-refractivity contribution in [1.29, 1.82) is 0 Å². The Morgan fingerprint density at radius 2 is 1.03 bits per heavy atom. The normalized spacial score (nSPS) is 12.3. The molecule has 4 nitrogen and oxygen atoms in total. The van der Waals surface area contributed by atoms with Crippen molar-refractivity contribution in [3.8, 4) is 0 Å². The van der Waals surface area contributed by atoms with Gasteiger partial charge in [-0.3, -0.25) is 9.59 Å². The number of unbranched alkanes of at least 4 members (excludes halogenated alkanes) is 21. The molecule has 0 radical (unpaired) electrons. The predicted molar refractivity (Wildman–Crippen MR) is 158 cm³/mol. The predicted octanol–water partition coefficient (Wildman–Crippen LogP) is 10.6. The lowest BCUT2D eigenvalue weighted by atomic mass is 9.97. The first-order valence-corrected chi connectivity index (χ1v) is 16.1. The highest BCUT2D eigenvalue weighted by Gasteiger charge is 2.21. The summed E-state index contributed by atoms with van der Waals surface area (Å²) in [5, 5.41) is 9.32. The zero-order valence-corrected chi connectivity index (χ0v) is 24.8. The van der Waals surface area contributed by atoms with Crippen LogP contribution >= 0.6 is 0 Å². The molecule has 0 aliphatic rings. The highest BCUT2D eigenvalue weighted by atomic mass is 16.5. The van der Waals surface area contributed by atoms with Crippen molar-refractivity contribution >= 4 is 11.9 Å². The van der Waals surface area contributed by atoms with E-state index in [-0.39, 0.29) is 12.4 Å². The van der Waals surface area contributed by atoms with Crippen molar-refractivity contribution in [2.45, 2.75) is 174 Å². The summed E-state index contributed by atoms with van der Waals surface area (Å²) in [6.45, 7) is 4.42. The Bertz CT molecular complexity index is 528. The van der Waals surface area contributed by atoms with Crippen molar-refractivity contribution < 1.29 is 19.4 Å². The minimum Gasteiger partial charge on any atom is -0.481 e. The SMILES string of the molecule is C/C=C/CCCCCCCCCCCCCCCCCCCCCCCC(CC(=O)OCCC)C(=O)O. The zero-order chi connectivity index (χ0) is 27.2. The summed E-state index contributed by atoms with van der Waals surface area (Å²) in [7, 11) is 0. The lowest BCUT2D eigenvalue weighted by Gasteiger charge is -2.11. The average Bonchev–Trinajstić information content (AvgIpc) is 2.89. The van der Waals surface area contributed by atoms with Gasteiger partial charge in [0.1, 0.15) is 0 Å². The molecule has 1 unspecified atom stereocenters. The van der Waals surface area contributed by atoms with Crippen LogP contribution in [0, 0.1) is 5.92 Å². The van der Waals surface area contributed by atoms with Crippen LogP contribution in [-0.2, 0) is 14.3 Å². The third kappa shape index (κ3) is 27.5. The number of esters is 1. The highest BCUT2D eigenvalue weighted by molar-refractivity contribution is 5.78. The molecule has 0 spiro atoms. The number of allylic oxidation sites excluding steroid dienone is 2. The first kappa shape index (κ1) is 35.7. The molecule has 0 aromatic heterocycles. The molecule has 4 heteroatoms. The standard InChI is InChI=1S/C33H62O4/c1-3-5-6-7-8-9-10-11-12-13-14-15-16-17-18-19-20-21-22-23-24-25-26-27-28-31(33(35)36)30-32(34)37-29-4-2/h3,5,31H,4,6-30H2,1-2H3,(H,35,36)/b5-3+. The van der Waals surface area contributed by atoms with Crippen LogP contribution in [0.25, 0.3) is 0 Å². The third-order valence-electron chi connectivity index (χ3n) is 7.39. The van der Waals surface area contributed by atoms with E-state index in [0.29, 0.717) is 13.0 Å². The van der Waals surface area contributed by atoms with Crippen LogP contribution < -0.4 is 0 Å². The molecule has 1 N–H and O–H groups in total. The maximum atomic E-state index is 11.7. The Hall–Kier alpha value is -1.32. The van der Waals surface area contributed by atoms with Gasteiger partial charge >= 0.3 is 11.9 Å². The molecule has 0 heterocycles. The average molecular weight is 523 g/mol. The molecule has 0 fully saturated rings. The fourth-order valence-corrected chi connectivity index (χ4v) is 4.97. The van der Waals surface area contributed by atoms with Crippen LogP contribution in [0.15, 0.2) is 12.2 Å². The largest absolute Gasteiger partial charge is 0.481 e. The quantitative estimate of drug-likeness (QED) is 0.0602. The fourth-order valence-electron chi connectivity index (χ4n) is 4.97. The number of ether oxygens (including phenoxy) is 1. The molecule has 0 aliphatic carbocycles. The van der Waals surface area contributed by atoms with Crippen molar-refractivity contribution in [3.63, 3.8) is 0 Å². The first-order valence-electron chi connectivity index (χ1n) is 16.1. The van der Waals surface area contributed by atoms with E-state index in [0.717, 1.165) is 19.3 Å². The van der Waals surface area contributed by atoms with Gasteiger partial charge in [-0.25, -0.2) is 0 Å². The molecule has 218 valence electrons. The molecule has 0 amide bonds. The van der Waals surface area contributed by atoms with Gasteiger partial charge < -0.3 is 9.84 Å². The van der Waals surface area contributed by atoms with E-state index in [2.05, 4.69) is 19.1 Å². The Morgan fingerprint density at radius 3 is 1.38 bits per heavy atom. The van der Waals surface area contributed by atoms with Crippen molar-refractivity contribution in [2.24, 2.45) is 5.92 Å². The Morgan fingerprint density at radius 1 is 0.649 bits per heavy atom. The van der Waals surface area contributed by atoms with Gasteiger partial charge in [0.2, 0.25) is 0 Å². The van der Waals surface area contributed by atoms with Gasteiger partial charge in [0, 0.05) is 0 Å². The summed E-state index contributed by atoms with van der Waals surface area (Å²) in [6.07, 6.45) is 35.2. The fraction of sp³-hybridized carbons (Fsp3) is 0.879. The van der Waals surface area contributed by atoms with Crippen molar-refractivity contribution in [3.05, 3.63) is 12.2 Å². The van der Waals surface area contributed by atoms with Gasteiger partial charge in [-0.15, -0.1) is 0 Å². The maximum absolute atomic E-state index is 11.7. The number of hydrogen-bond donors (Lipinski definition) is 1. The minimum atomic E-state index is -0.874. The topological polar surface area (TPSA) is 63.6 Å². The zero-order valence-electron chi connectivity index (χ0n) is 24.8. The second kappa shape index (κ2) is 29.2. The molecular formula is C33H62O4. The number of carbonyl (C=O) groups excluding carboxylic acids is 1. The molecule has 0 saturated carbocycles. The molecule has 0 bridgehead atoms. The monoisotopic (exact) mass is 522 g/mol. The number of carboxylic acid groups (broad SMARTS) is 1. The van der Waals surface area contributed by atoms with Gasteiger partial charge in [-0.1, -0.05) is 147 Å². The summed E-state index contributed by atoms with van der Waals surface area (Å²) in [6, 6.07) is 0. The Kier molecular flexibility index (Phi) is 28.2. The van der Waals surface area contributed by atoms with E-state index in [1.165, 1.54) is 128 Å². The number of rotatable bonds is 29. The Labute approximate surface area is 230 Å². The third-order valence-corrected chi connectivity index (χ3v) is 7.39. The van der Waals surface area contributed by atoms with Gasteiger partial charge in [-0.05, 0) is 32.6 Å². The van der Waals surface area contributed by atoms with Crippen LogP contribution in [0.3, 0.4) is 0 Å². The molecule has 0 aromatic carbocycles.